The summed E-state index contributed by atoms with van der Waals surface area (Å²) >= 11 is 0. The molecule has 8 nitrogen and oxygen atoms in total. The van der Waals surface area contributed by atoms with Gasteiger partial charge in [0, 0.05) is 18.0 Å². The van der Waals surface area contributed by atoms with Crippen LogP contribution in [0.15, 0.2) is 83.9 Å². The van der Waals surface area contributed by atoms with Crippen molar-refractivity contribution in [3.05, 3.63) is 106 Å². The molecule has 0 saturated heterocycles. The van der Waals surface area contributed by atoms with Gasteiger partial charge in [0.25, 0.3) is 5.88 Å². The van der Waals surface area contributed by atoms with Crippen molar-refractivity contribution in [2.75, 3.05) is 14.2 Å². The number of nitrogens with zero attached hydrogens (tertiary/aromatic N) is 3. The second-order valence-corrected chi connectivity index (χ2v) is 7.64. The van der Waals surface area contributed by atoms with Crippen molar-refractivity contribution in [3.63, 3.8) is 0 Å². The molecular formula is C26H26N3O5+. The van der Waals surface area contributed by atoms with Gasteiger partial charge in [-0.2, -0.15) is 9.13 Å². The first kappa shape index (κ1) is 22.8. The summed E-state index contributed by atoms with van der Waals surface area (Å²) in [6, 6.07) is 19.7. The van der Waals surface area contributed by atoms with Crippen molar-refractivity contribution < 1.29 is 23.9 Å². The van der Waals surface area contributed by atoms with E-state index in [0.717, 1.165) is 22.4 Å². The lowest BCUT2D eigenvalue weighted by Crippen LogP contribution is -2.42. The number of hydrogen-bond donors (Lipinski definition) is 1. The summed E-state index contributed by atoms with van der Waals surface area (Å²) < 4.78 is 19.3. The minimum Gasteiger partial charge on any atom is -0.497 e. The zero-order valence-corrected chi connectivity index (χ0v) is 19.0. The monoisotopic (exact) mass is 460 g/mol. The van der Waals surface area contributed by atoms with E-state index in [-0.39, 0.29) is 30.6 Å². The Bertz CT molecular complexity index is 1290. The van der Waals surface area contributed by atoms with E-state index in [4.69, 9.17) is 14.2 Å². The van der Waals surface area contributed by atoms with Gasteiger partial charge in [-0.15, -0.1) is 0 Å². The summed E-state index contributed by atoms with van der Waals surface area (Å²) in [6.07, 6.45) is 3.37. The van der Waals surface area contributed by atoms with Crippen LogP contribution in [0.1, 0.15) is 16.7 Å². The number of methoxy groups -OCH3 is 2. The zero-order chi connectivity index (χ0) is 23.9. The van der Waals surface area contributed by atoms with Crippen LogP contribution in [0.25, 0.3) is 0 Å². The van der Waals surface area contributed by atoms with E-state index in [1.165, 1.54) is 10.6 Å². The highest BCUT2D eigenvalue weighted by Gasteiger charge is 2.24. The second-order valence-electron chi connectivity index (χ2n) is 7.64. The fraction of sp³-hybridized carbons (Fsp3) is 0.192. The molecule has 174 valence electrons. The average Bonchev–Trinajstić information content (AvgIpc) is 2.88. The van der Waals surface area contributed by atoms with Crippen LogP contribution in [0, 0.1) is 0 Å². The van der Waals surface area contributed by atoms with Gasteiger partial charge >= 0.3 is 11.6 Å². The molecular weight excluding hydrogens is 434 g/mol. The van der Waals surface area contributed by atoms with Crippen molar-refractivity contribution in [1.29, 1.82) is 0 Å². The molecule has 0 aliphatic heterocycles. The van der Waals surface area contributed by atoms with Crippen LogP contribution in [-0.4, -0.2) is 28.9 Å². The van der Waals surface area contributed by atoms with Gasteiger partial charge in [-0.3, -0.25) is 4.98 Å². The van der Waals surface area contributed by atoms with Crippen LogP contribution in [-0.2, 0) is 19.7 Å². The molecule has 0 fully saturated rings. The molecule has 0 spiro atoms. The third kappa shape index (κ3) is 5.35. The molecule has 0 aliphatic carbocycles. The predicted octanol–water partition coefficient (Wildman–Crippen LogP) is 2.93. The van der Waals surface area contributed by atoms with Gasteiger partial charge in [0.05, 0.1) is 14.2 Å². The minimum absolute atomic E-state index is 0.195. The number of rotatable bonds is 9. The highest BCUT2D eigenvalue weighted by Crippen LogP contribution is 2.17. The number of aromatic nitrogens is 3. The number of benzene rings is 2. The summed E-state index contributed by atoms with van der Waals surface area (Å²) in [5, 5.41) is 11.2. The Hall–Kier alpha value is -4.33. The zero-order valence-electron chi connectivity index (χ0n) is 19.0. The molecule has 0 radical (unpaired) electrons. The number of pyridine rings is 1. The van der Waals surface area contributed by atoms with Gasteiger partial charge in [0.2, 0.25) is 0 Å². The lowest BCUT2D eigenvalue weighted by atomic mass is 10.2. The van der Waals surface area contributed by atoms with E-state index in [1.54, 1.807) is 31.2 Å². The smallest absolute Gasteiger partial charge is 0.460 e. The van der Waals surface area contributed by atoms with Crippen LogP contribution >= 0.6 is 0 Å². The van der Waals surface area contributed by atoms with E-state index in [0.29, 0.717) is 12.3 Å². The molecule has 0 aliphatic rings. The van der Waals surface area contributed by atoms with E-state index in [1.807, 2.05) is 60.7 Å². The van der Waals surface area contributed by atoms with E-state index in [2.05, 4.69) is 4.98 Å². The topological polar surface area (TPSA) is 86.7 Å². The lowest BCUT2D eigenvalue weighted by molar-refractivity contribution is -0.704. The molecule has 34 heavy (non-hydrogen) atoms. The van der Waals surface area contributed by atoms with Gasteiger partial charge in [-0.1, -0.05) is 30.3 Å². The van der Waals surface area contributed by atoms with Crippen LogP contribution < -0.4 is 24.3 Å². The van der Waals surface area contributed by atoms with E-state index >= 15 is 0 Å². The van der Waals surface area contributed by atoms with Crippen LogP contribution in [0.2, 0.25) is 0 Å². The first-order chi connectivity index (χ1) is 16.6. The van der Waals surface area contributed by atoms with E-state index < -0.39 is 0 Å². The summed E-state index contributed by atoms with van der Waals surface area (Å²) in [5.41, 5.74) is 2.22. The summed E-state index contributed by atoms with van der Waals surface area (Å²) in [6.45, 7) is 0.694. The maximum atomic E-state index is 12.9. The maximum Gasteiger partial charge on any atom is 0.460 e. The van der Waals surface area contributed by atoms with Crippen molar-refractivity contribution in [1.82, 2.24) is 9.55 Å². The van der Waals surface area contributed by atoms with E-state index in [9.17, 15) is 9.90 Å². The summed E-state index contributed by atoms with van der Waals surface area (Å²) in [7, 11) is 3.20. The Morgan fingerprint density at radius 3 is 2.15 bits per heavy atom. The minimum atomic E-state index is -0.375. The first-order valence-corrected chi connectivity index (χ1v) is 10.7. The SMILES string of the molecule is COc1ccc(Cn2c(O)[n+](Cc3ccc(OC)cc3)c(OCc3cccnc3)cc2=O)cc1. The Labute approximate surface area is 197 Å². The Morgan fingerprint density at radius 2 is 1.56 bits per heavy atom. The molecule has 4 aromatic rings. The molecule has 4 rings (SSSR count). The molecule has 2 heterocycles. The van der Waals surface area contributed by atoms with Gasteiger partial charge in [0.15, 0.2) is 0 Å². The van der Waals surface area contributed by atoms with Crippen molar-refractivity contribution in [2.45, 2.75) is 19.7 Å². The van der Waals surface area contributed by atoms with Crippen LogP contribution in [0.4, 0.5) is 0 Å². The van der Waals surface area contributed by atoms with Crippen molar-refractivity contribution in [2.24, 2.45) is 0 Å². The van der Waals surface area contributed by atoms with Gasteiger partial charge < -0.3 is 19.3 Å². The Morgan fingerprint density at radius 1 is 0.912 bits per heavy atom. The van der Waals surface area contributed by atoms with Crippen LogP contribution in [0.5, 0.6) is 23.4 Å². The van der Waals surface area contributed by atoms with Gasteiger partial charge in [-0.25, -0.2) is 4.79 Å². The first-order valence-electron chi connectivity index (χ1n) is 10.7. The fourth-order valence-electron chi connectivity index (χ4n) is 3.49. The molecule has 8 heteroatoms. The number of aromatic hydroxyl groups is 1. The normalized spacial score (nSPS) is 10.6. The fourth-order valence-corrected chi connectivity index (χ4v) is 3.49. The quantitative estimate of drug-likeness (QED) is 0.387. The van der Waals surface area contributed by atoms with Crippen molar-refractivity contribution >= 4 is 0 Å². The number of hydrogen-bond acceptors (Lipinski definition) is 6. The molecule has 0 bridgehead atoms. The average molecular weight is 461 g/mol. The van der Waals surface area contributed by atoms with Crippen molar-refractivity contribution in [3.8, 4) is 23.4 Å². The summed E-state index contributed by atoms with van der Waals surface area (Å²) in [4.78, 5) is 17.0. The summed E-state index contributed by atoms with van der Waals surface area (Å²) in [5.74, 6) is 1.71. The van der Waals surface area contributed by atoms with Gasteiger partial charge in [-0.05, 0) is 41.5 Å². The molecule has 0 saturated carbocycles. The predicted molar refractivity (Wildman–Crippen MR) is 125 cm³/mol. The lowest BCUT2D eigenvalue weighted by Gasteiger charge is -2.13. The number of ether oxygens (including phenoxy) is 3. The Kier molecular flexibility index (Phi) is 7.07. The molecule has 0 amide bonds. The molecule has 1 N–H and O–H groups in total. The molecule has 0 unspecified atom stereocenters. The third-order valence-corrected chi connectivity index (χ3v) is 5.37. The molecule has 0 atom stereocenters. The van der Waals surface area contributed by atoms with Gasteiger partial charge in [0.1, 0.15) is 37.3 Å². The van der Waals surface area contributed by atoms with Crippen LogP contribution in [0.3, 0.4) is 0 Å². The standard InChI is InChI=1S/C26H25N3O5/c1-32-22-9-5-19(6-10-22)16-28-24(30)14-25(34-18-21-4-3-13-27-15-21)29(26(28)31)17-20-7-11-23(33-2)12-8-20/h3-15H,16-18H2,1-2H3/p+1. The highest BCUT2D eigenvalue weighted by molar-refractivity contribution is 5.28. The Balaban J connectivity index is 1.69. The maximum absolute atomic E-state index is 12.9. The highest BCUT2D eigenvalue weighted by atomic mass is 16.5. The molecule has 2 aromatic heterocycles. The third-order valence-electron chi connectivity index (χ3n) is 5.37. The largest absolute Gasteiger partial charge is 0.497 e. The molecule has 2 aromatic carbocycles. The second kappa shape index (κ2) is 10.5.